The molecule has 0 fully saturated rings. The minimum Gasteiger partial charge on any atom is -0.393 e. The fraction of sp³-hybridized carbons (Fsp3) is 1.00. The Balaban J connectivity index is 3.83. The first-order chi connectivity index (χ1) is 5.55. The summed E-state index contributed by atoms with van der Waals surface area (Å²) in [6, 6.07) is 0. The van der Waals surface area contributed by atoms with E-state index < -0.39 is 0 Å². The van der Waals surface area contributed by atoms with Crippen molar-refractivity contribution in [3.63, 3.8) is 0 Å². The molecule has 2 heteroatoms. The molecule has 0 heterocycles. The third-order valence-electron chi connectivity index (χ3n) is 1.93. The maximum Gasteiger partial charge on any atom is 0.0859 e. The van der Waals surface area contributed by atoms with Crippen molar-refractivity contribution < 1.29 is 9.84 Å². The third kappa shape index (κ3) is 4.73. The minimum absolute atomic E-state index is 0.0905. The Morgan fingerprint density at radius 1 is 1.33 bits per heavy atom. The molecule has 0 aromatic rings. The highest BCUT2D eigenvalue weighted by atomic mass is 16.5. The van der Waals surface area contributed by atoms with Crippen LogP contribution in [0.1, 0.15) is 47.0 Å². The lowest BCUT2D eigenvalue weighted by atomic mass is 10.1. The Labute approximate surface area is 75.9 Å². The molecular weight excluding hydrogens is 152 g/mol. The predicted molar refractivity (Wildman–Crippen MR) is 51.2 cm³/mol. The van der Waals surface area contributed by atoms with Gasteiger partial charge < -0.3 is 9.84 Å². The number of hydrogen-bond acceptors (Lipinski definition) is 2. The lowest BCUT2D eigenvalue weighted by Crippen LogP contribution is -2.33. The predicted octanol–water partition coefficient (Wildman–Crippen LogP) is 2.35. The number of ether oxygens (including phenoxy) is 1. The van der Waals surface area contributed by atoms with Crippen molar-refractivity contribution in [3.8, 4) is 0 Å². The Morgan fingerprint density at radius 2 is 1.92 bits per heavy atom. The quantitative estimate of drug-likeness (QED) is 0.669. The molecule has 2 nitrogen and oxygen atoms in total. The number of aliphatic hydroxyl groups is 1. The summed E-state index contributed by atoms with van der Waals surface area (Å²) in [5.41, 5.74) is -0.379. The molecule has 1 unspecified atom stereocenters. The van der Waals surface area contributed by atoms with E-state index in [9.17, 15) is 0 Å². The highest BCUT2D eigenvalue weighted by Gasteiger charge is 2.21. The summed E-state index contributed by atoms with van der Waals surface area (Å²) in [4.78, 5) is 0. The summed E-state index contributed by atoms with van der Waals surface area (Å²) in [6.07, 6.45) is 3.55. The van der Waals surface area contributed by atoms with E-state index in [1.807, 2.05) is 13.8 Å². The van der Waals surface area contributed by atoms with E-state index in [0.29, 0.717) is 6.10 Å². The van der Waals surface area contributed by atoms with Gasteiger partial charge in [0.2, 0.25) is 0 Å². The van der Waals surface area contributed by atoms with Gasteiger partial charge in [-0.1, -0.05) is 20.3 Å². The van der Waals surface area contributed by atoms with Gasteiger partial charge in [0.25, 0.3) is 0 Å². The molecule has 0 saturated carbocycles. The SMILES string of the molecule is CCCC(CC)OC(C)(C)CO. The van der Waals surface area contributed by atoms with Crippen LogP contribution in [0, 0.1) is 0 Å². The second kappa shape index (κ2) is 5.55. The maximum atomic E-state index is 8.98. The summed E-state index contributed by atoms with van der Waals surface area (Å²) in [5.74, 6) is 0. The van der Waals surface area contributed by atoms with Crippen molar-refractivity contribution in [2.75, 3.05) is 6.61 Å². The Bertz CT molecular complexity index is 110. The molecule has 12 heavy (non-hydrogen) atoms. The summed E-state index contributed by atoms with van der Waals surface area (Å²) in [5, 5.41) is 8.98. The van der Waals surface area contributed by atoms with Gasteiger partial charge in [-0.25, -0.2) is 0 Å². The molecule has 0 aliphatic heterocycles. The molecule has 0 aromatic carbocycles. The zero-order chi connectivity index (χ0) is 9.61. The van der Waals surface area contributed by atoms with Crippen LogP contribution in [0.25, 0.3) is 0 Å². The van der Waals surface area contributed by atoms with Crippen LogP contribution >= 0.6 is 0 Å². The van der Waals surface area contributed by atoms with Crippen LogP contribution in [0.2, 0.25) is 0 Å². The van der Waals surface area contributed by atoms with Crippen LogP contribution in [0.4, 0.5) is 0 Å². The van der Waals surface area contributed by atoms with E-state index >= 15 is 0 Å². The summed E-state index contributed by atoms with van der Waals surface area (Å²) < 4.78 is 5.73. The average molecular weight is 174 g/mol. The molecule has 0 rings (SSSR count). The second-order valence-corrected chi connectivity index (χ2v) is 3.85. The van der Waals surface area contributed by atoms with E-state index in [-0.39, 0.29) is 12.2 Å². The average Bonchev–Trinajstić information content (AvgIpc) is 2.03. The van der Waals surface area contributed by atoms with Crippen molar-refractivity contribution >= 4 is 0 Å². The monoisotopic (exact) mass is 174 g/mol. The zero-order valence-corrected chi connectivity index (χ0v) is 8.76. The number of hydrogen-bond donors (Lipinski definition) is 1. The molecule has 0 radical (unpaired) electrons. The van der Waals surface area contributed by atoms with Gasteiger partial charge in [-0.15, -0.1) is 0 Å². The highest BCUT2D eigenvalue weighted by molar-refractivity contribution is 4.69. The zero-order valence-electron chi connectivity index (χ0n) is 8.76. The molecule has 0 saturated heterocycles. The maximum absolute atomic E-state index is 8.98. The molecule has 1 atom stereocenters. The van der Waals surface area contributed by atoms with Crippen LogP contribution < -0.4 is 0 Å². The van der Waals surface area contributed by atoms with Gasteiger partial charge in [0.15, 0.2) is 0 Å². The molecule has 0 amide bonds. The molecule has 0 aliphatic rings. The lowest BCUT2D eigenvalue weighted by molar-refractivity contribution is -0.101. The van der Waals surface area contributed by atoms with Crippen LogP contribution in [-0.2, 0) is 4.74 Å². The van der Waals surface area contributed by atoms with Crippen molar-refractivity contribution in [2.45, 2.75) is 58.7 Å². The van der Waals surface area contributed by atoms with E-state index in [4.69, 9.17) is 9.84 Å². The molecule has 1 N–H and O–H groups in total. The van der Waals surface area contributed by atoms with E-state index in [1.54, 1.807) is 0 Å². The van der Waals surface area contributed by atoms with E-state index in [0.717, 1.165) is 19.3 Å². The molecule has 74 valence electrons. The van der Waals surface area contributed by atoms with Crippen LogP contribution in [0.15, 0.2) is 0 Å². The van der Waals surface area contributed by atoms with Crippen LogP contribution in [-0.4, -0.2) is 23.4 Å². The fourth-order valence-corrected chi connectivity index (χ4v) is 1.16. The Kier molecular flexibility index (Phi) is 5.51. The molecule has 0 spiro atoms. The van der Waals surface area contributed by atoms with Gasteiger partial charge in [0, 0.05) is 0 Å². The van der Waals surface area contributed by atoms with E-state index in [2.05, 4.69) is 13.8 Å². The van der Waals surface area contributed by atoms with Gasteiger partial charge >= 0.3 is 0 Å². The molecule has 0 aromatic heterocycles. The third-order valence-corrected chi connectivity index (χ3v) is 1.93. The first-order valence-corrected chi connectivity index (χ1v) is 4.84. The van der Waals surface area contributed by atoms with Gasteiger partial charge in [0.1, 0.15) is 0 Å². The topological polar surface area (TPSA) is 29.5 Å². The molecular formula is C10H22O2. The van der Waals surface area contributed by atoms with Gasteiger partial charge in [-0.2, -0.15) is 0 Å². The summed E-state index contributed by atoms with van der Waals surface area (Å²) >= 11 is 0. The van der Waals surface area contributed by atoms with Crippen LogP contribution in [0.5, 0.6) is 0 Å². The van der Waals surface area contributed by atoms with Gasteiger partial charge in [-0.05, 0) is 26.7 Å². The largest absolute Gasteiger partial charge is 0.393 e. The normalized spacial score (nSPS) is 14.8. The smallest absolute Gasteiger partial charge is 0.0859 e. The fourth-order valence-electron chi connectivity index (χ4n) is 1.16. The summed E-state index contributed by atoms with van der Waals surface area (Å²) in [7, 11) is 0. The second-order valence-electron chi connectivity index (χ2n) is 3.85. The van der Waals surface area contributed by atoms with Crippen molar-refractivity contribution in [1.29, 1.82) is 0 Å². The first kappa shape index (κ1) is 11.9. The Morgan fingerprint density at radius 3 is 2.25 bits per heavy atom. The lowest BCUT2D eigenvalue weighted by Gasteiger charge is -2.28. The highest BCUT2D eigenvalue weighted by Crippen LogP contribution is 2.16. The molecule has 0 aliphatic carbocycles. The van der Waals surface area contributed by atoms with Crippen LogP contribution in [0.3, 0.4) is 0 Å². The van der Waals surface area contributed by atoms with Gasteiger partial charge in [0.05, 0.1) is 18.3 Å². The standard InChI is InChI=1S/C10H22O2/c1-5-7-9(6-2)12-10(3,4)8-11/h9,11H,5-8H2,1-4H3. The van der Waals surface area contributed by atoms with Gasteiger partial charge in [-0.3, -0.25) is 0 Å². The number of aliphatic hydroxyl groups excluding tert-OH is 1. The minimum atomic E-state index is -0.379. The first-order valence-electron chi connectivity index (χ1n) is 4.84. The van der Waals surface area contributed by atoms with Crippen molar-refractivity contribution in [1.82, 2.24) is 0 Å². The van der Waals surface area contributed by atoms with E-state index in [1.165, 1.54) is 0 Å². The number of rotatable bonds is 6. The van der Waals surface area contributed by atoms with Crippen molar-refractivity contribution in [2.24, 2.45) is 0 Å². The molecule has 0 bridgehead atoms. The Hall–Kier alpha value is -0.0800. The van der Waals surface area contributed by atoms with Crippen molar-refractivity contribution in [3.05, 3.63) is 0 Å². The summed E-state index contributed by atoms with van der Waals surface area (Å²) in [6.45, 7) is 8.20.